The zero-order valence-electron chi connectivity index (χ0n) is 40.3. The summed E-state index contributed by atoms with van der Waals surface area (Å²) in [5.74, 6) is -0.625. The molecule has 9 rings (SSSR count). The van der Waals surface area contributed by atoms with Crippen LogP contribution in [0.3, 0.4) is 0 Å². The minimum absolute atomic E-state index is 0. The number of fused-ring (bicyclic) bond motifs is 1. The van der Waals surface area contributed by atoms with Crippen molar-refractivity contribution < 1.29 is 28.9 Å². The Bertz CT molecular complexity index is 3190. The van der Waals surface area contributed by atoms with Crippen LogP contribution in [0.15, 0.2) is 164 Å². The van der Waals surface area contributed by atoms with Crippen LogP contribution >= 0.6 is 0 Å². The van der Waals surface area contributed by atoms with Gasteiger partial charge in [-0.15, -0.1) is 23.8 Å². The molecular formula is C60H56N3OPt-. The third-order valence-corrected chi connectivity index (χ3v) is 12.3. The van der Waals surface area contributed by atoms with Crippen LogP contribution in [0, 0.1) is 6.07 Å². The van der Waals surface area contributed by atoms with Crippen LogP contribution in [0.2, 0.25) is 0 Å². The summed E-state index contributed by atoms with van der Waals surface area (Å²) in [5.41, 5.74) is 16.6. The molecule has 0 spiro atoms. The first-order valence-corrected chi connectivity index (χ1v) is 22.3. The molecule has 0 fully saturated rings. The van der Waals surface area contributed by atoms with E-state index >= 15 is 0 Å². The van der Waals surface area contributed by atoms with E-state index in [2.05, 4.69) is 160 Å². The summed E-state index contributed by atoms with van der Waals surface area (Å²) in [6.45, 7) is 16.2. The summed E-state index contributed by atoms with van der Waals surface area (Å²) < 4.78 is 20.4. The van der Waals surface area contributed by atoms with Crippen LogP contribution in [-0.4, -0.2) is 19.6 Å². The second kappa shape index (κ2) is 19.0. The number of benzene rings is 7. The molecule has 0 saturated heterocycles. The van der Waals surface area contributed by atoms with E-state index in [4.69, 9.17) is 12.7 Å². The third kappa shape index (κ3) is 8.90. The molecule has 0 aliphatic heterocycles. The van der Waals surface area contributed by atoms with Gasteiger partial charge in [0.2, 0.25) is 0 Å². The number of aromatic hydroxyl groups is 1. The second-order valence-electron chi connectivity index (χ2n) is 17.9. The van der Waals surface area contributed by atoms with Crippen LogP contribution in [0.25, 0.3) is 83.9 Å². The van der Waals surface area contributed by atoms with Crippen molar-refractivity contribution in [3.05, 3.63) is 192 Å². The molecule has 0 saturated carbocycles. The number of phenolic OH excluding ortho intramolecular Hbond substituents is 1. The first kappa shape index (κ1) is 42.6. The van der Waals surface area contributed by atoms with Gasteiger partial charge in [0, 0.05) is 41.4 Å². The van der Waals surface area contributed by atoms with Crippen LogP contribution in [0.5, 0.6) is 5.75 Å². The van der Waals surface area contributed by atoms with E-state index in [0.29, 0.717) is 11.4 Å². The summed E-state index contributed by atoms with van der Waals surface area (Å²) in [5, 5.41) is 12.2. The number of aromatic nitrogens is 3. The van der Waals surface area contributed by atoms with Crippen LogP contribution in [-0.2, 0) is 21.1 Å². The zero-order valence-corrected chi connectivity index (χ0v) is 40.6. The Morgan fingerprint density at radius 1 is 0.538 bits per heavy atom. The van der Waals surface area contributed by atoms with E-state index < -0.39 is 11.8 Å². The Balaban J connectivity index is 0.00000608. The van der Waals surface area contributed by atoms with Crippen molar-refractivity contribution in [3.63, 3.8) is 0 Å². The minimum Gasteiger partial charge on any atom is -0.507 e. The molecule has 2 heterocycles. The fraction of sp³-hybridized carbons (Fsp3) is 0.200. The fourth-order valence-electron chi connectivity index (χ4n) is 8.89. The van der Waals surface area contributed by atoms with Gasteiger partial charge in [-0.05, 0) is 104 Å². The Morgan fingerprint density at radius 2 is 1.15 bits per heavy atom. The van der Waals surface area contributed by atoms with Gasteiger partial charge in [-0.1, -0.05) is 187 Å². The summed E-state index contributed by atoms with van der Waals surface area (Å²) in [7, 11) is 0. The van der Waals surface area contributed by atoms with E-state index in [1.807, 2.05) is 70.3 Å². The molecule has 2 aromatic heterocycles. The predicted octanol–water partition coefficient (Wildman–Crippen LogP) is 16.4. The van der Waals surface area contributed by atoms with Crippen molar-refractivity contribution in [1.29, 1.82) is 0 Å². The van der Waals surface area contributed by atoms with Crippen molar-refractivity contribution in [2.45, 2.75) is 79.0 Å². The maximum Gasteiger partial charge on any atom is 0.148 e. The molecule has 328 valence electrons. The fourth-order valence-corrected chi connectivity index (χ4v) is 8.89. The monoisotopic (exact) mass is 1030 g/mol. The number of nitrogens with zero attached hydrogens (tertiary/aromatic N) is 3. The number of phenols is 1. The molecule has 0 unspecified atom stereocenters. The summed E-state index contributed by atoms with van der Waals surface area (Å²) in [4.78, 5) is 10.4. The molecule has 0 atom stereocenters. The topological polar surface area (TPSA) is 50.9 Å². The van der Waals surface area contributed by atoms with Gasteiger partial charge in [0.15, 0.2) is 0 Å². The minimum atomic E-state index is -0.887. The molecule has 7 aromatic carbocycles. The molecule has 1 N–H and O–H groups in total. The largest absolute Gasteiger partial charge is 0.507 e. The Kier molecular flexibility index (Phi) is 12.5. The Labute approximate surface area is 402 Å². The van der Waals surface area contributed by atoms with Gasteiger partial charge in [-0.3, -0.25) is 9.55 Å². The van der Waals surface area contributed by atoms with Crippen LogP contribution < -0.4 is 0 Å². The SMILES string of the molecule is [2H]C(C)(C)c1cccc(C([2H])(C)C)c1-c1ccc(-n2c(-c3cc(C(C)C)cc(C(C)C)c3O)nc3c(-c4[c-]c(-c5cc(-c6ccccc6)ccn5)cc(-c5ccccc5)c4)cccc32)cc1.[Pt]. The molecule has 5 heteroatoms. The first-order chi connectivity index (χ1) is 31.6. The van der Waals surface area contributed by atoms with Gasteiger partial charge in [-0.25, -0.2) is 4.98 Å². The van der Waals surface area contributed by atoms with Crippen LogP contribution in [0.1, 0.15) is 104 Å². The Hall–Kier alpha value is -6.35. The number of para-hydroxylation sites is 1. The van der Waals surface area contributed by atoms with Gasteiger partial charge < -0.3 is 5.11 Å². The molecule has 0 amide bonds. The molecule has 4 nitrogen and oxygen atoms in total. The van der Waals surface area contributed by atoms with Crippen molar-refractivity contribution >= 4 is 11.0 Å². The maximum absolute atomic E-state index is 12.2. The third-order valence-electron chi connectivity index (χ3n) is 12.3. The van der Waals surface area contributed by atoms with Gasteiger partial charge in [0.25, 0.3) is 0 Å². The summed E-state index contributed by atoms with van der Waals surface area (Å²) >= 11 is 0. The molecule has 0 radical (unpaired) electrons. The maximum atomic E-state index is 12.2. The van der Waals surface area contributed by atoms with Gasteiger partial charge in [0.05, 0.1) is 16.6 Å². The van der Waals surface area contributed by atoms with Crippen molar-refractivity contribution in [1.82, 2.24) is 14.5 Å². The molecular weight excluding hydrogens is 974 g/mol. The average molecular weight is 1030 g/mol. The smallest absolute Gasteiger partial charge is 0.148 e. The normalized spacial score (nSPS) is 12.3. The average Bonchev–Trinajstić information content (AvgIpc) is 3.71. The standard InChI is InChI=1S/C60H56N3O.Pt/c1-37(2)45-34-53(40(7)8)59(64)54(35-45)60-62-58-52(23-16-24-56(58)63(60)49-27-25-43(26-28-49)57-50(38(3)4)21-15-22-51(57)39(5)6)47-31-46(42-19-13-10-14-20-42)32-48(33-47)55-36-44(29-30-61-55)41-17-11-9-12-18-41;/h9-32,34-40,64H,1-8H3;/q-1;/i38D,39D;. The predicted molar refractivity (Wildman–Crippen MR) is 268 cm³/mol. The number of imidazole rings is 1. The zero-order chi connectivity index (χ0) is 46.5. The van der Waals surface area contributed by atoms with E-state index in [-0.39, 0.29) is 38.7 Å². The number of rotatable bonds is 11. The van der Waals surface area contributed by atoms with E-state index in [1.165, 1.54) is 0 Å². The van der Waals surface area contributed by atoms with E-state index in [1.54, 1.807) is 0 Å². The first-order valence-electron chi connectivity index (χ1n) is 23.3. The number of pyridine rings is 1. The van der Waals surface area contributed by atoms with Gasteiger partial charge in [0.1, 0.15) is 11.6 Å². The summed E-state index contributed by atoms with van der Waals surface area (Å²) in [6, 6.07) is 58.0. The molecule has 65 heavy (non-hydrogen) atoms. The Morgan fingerprint density at radius 3 is 1.77 bits per heavy atom. The number of hydrogen-bond acceptors (Lipinski definition) is 3. The van der Waals surface area contributed by atoms with Crippen molar-refractivity contribution in [2.75, 3.05) is 0 Å². The number of hydrogen-bond donors (Lipinski definition) is 1. The molecule has 9 aromatic rings. The van der Waals surface area contributed by atoms with Crippen molar-refractivity contribution in [2.24, 2.45) is 0 Å². The quantitative estimate of drug-likeness (QED) is 0.131. The van der Waals surface area contributed by atoms with E-state index in [0.717, 1.165) is 94.7 Å². The van der Waals surface area contributed by atoms with Crippen LogP contribution in [0.4, 0.5) is 0 Å². The second-order valence-corrected chi connectivity index (χ2v) is 17.9. The van der Waals surface area contributed by atoms with Gasteiger partial charge in [-0.2, -0.15) is 0 Å². The molecule has 0 aliphatic carbocycles. The molecule has 0 bridgehead atoms. The summed E-state index contributed by atoms with van der Waals surface area (Å²) in [6.07, 6.45) is 1.87. The van der Waals surface area contributed by atoms with E-state index in [9.17, 15) is 5.11 Å². The molecule has 0 aliphatic rings. The van der Waals surface area contributed by atoms with Gasteiger partial charge >= 0.3 is 0 Å². The van der Waals surface area contributed by atoms with Crippen molar-refractivity contribution in [3.8, 4) is 78.6 Å².